The fourth-order valence-corrected chi connectivity index (χ4v) is 2.20. The summed E-state index contributed by atoms with van der Waals surface area (Å²) in [6, 6.07) is 0. The van der Waals surface area contributed by atoms with E-state index in [2.05, 4.69) is 25.3 Å². The Morgan fingerprint density at radius 1 is 1.62 bits per heavy atom. The van der Waals surface area contributed by atoms with Crippen LogP contribution in [0.5, 0.6) is 0 Å². The Labute approximate surface area is 79.0 Å². The third kappa shape index (κ3) is 1.64. The molecule has 2 N–H and O–H groups in total. The van der Waals surface area contributed by atoms with Crippen molar-refractivity contribution in [1.29, 1.82) is 0 Å². The molecule has 0 heterocycles. The average Bonchev–Trinajstić information content (AvgIpc) is 2.54. The number of hydrogen-bond acceptors (Lipinski definition) is 3. The fraction of sp³-hybridized carbons (Fsp3) is 0.800. The van der Waals surface area contributed by atoms with Crippen molar-refractivity contribution < 1.29 is 15.3 Å². The minimum absolute atomic E-state index is 0.0428. The number of rotatable bonds is 4. The summed E-state index contributed by atoms with van der Waals surface area (Å²) in [5.41, 5.74) is 0.845. The van der Waals surface area contributed by atoms with Gasteiger partial charge in [-0.15, -0.1) is 0 Å². The fourth-order valence-electron chi connectivity index (χ4n) is 2.20. The summed E-state index contributed by atoms with van der Waals surface area (Å²) in [7, 11) is 0. The molecule has 0 radical (unpaired) electrons. The zero-order chi connectivity index (χ0) is 10.2. The topological polar surface area (TPSA) is 49.7 Å². The first-order valence-electron chi connectivity index (χ1n) is 4.53. The number of aliphatic hydroxyl groups excluding tert-OH is 1. The van der Waals surface area contributed by atoms with Crippen LogP contribution in [0.25, 0.3) is 0 Å². The molecule has 1 saturated carbocycles. The zero-order valence-electron chi connectivity index (χ0n) is 8.45. The zero-order valence-corrected chi connectivity index (χ0v) is 8.45. The molecule has 0 saturated heterocycles. The Morgan fingerprint density at radius 2 is 2.15 bits per heavy atom. The van der Waals surface area contributed by atoms with Crippen molar-refractivity contribution in [3.8, 4) is 0 Å². The predicted octanol–water partition coefficient (Wildman–Crippen LogP) is 1.69. The van der Waals surface area contributed by atoms with Gasteiger partial charge >= 0.3 is 0 Å². The van der Waals surface area contributed by atoms with Crippen molar-refractivity contribution in [3.05, 3.63) is 12.2 Å². The lowest BCUT2D eigenvalue weighted by Crippen LogP contribution is -2.18. The first-order chi connectivity index (χ1) is 5.96. The minimum Gasteiger partial charge on any atom is -0.396 e. The number of hydrogen-bond donors (Lipinski definition) is 2. The summed E-state index contributed by atoms with van der Waals surface area (Å²) in [6.45, 7) is 9.85. The second kappa shape index (κ2) is 3.40. The molecule has 1 aliphatic rings. The van der Waals surface area contributed by atoms with E-state index in [1.165, 1.54) is 0 Å². The smallest absolute Gasteiger partial charge is 0.117 e. The molecule has 3 atom stereocenters. The standard InChI is InChI=1S/C10H18O3/c1-6(2)9(13-12)8-7(5-11)10(8,3)4/h7-9,11-12H,1,5H2,2-4H3. The van der Waals surface area contributed by atoms with Crippen LogP contribution in [0, 0.1) is 17.3 Å². The van der Waals surface area contributed by atoms with E-state index >= 15 is 0 Å². The van der Waals surface area contributed by atoms with E-state index in [1.807, 2.05) is 6.92 Å². The van der Waals surface area contributed by atoms with Crippen molar-refractivity contribution in [1.82, 2.24) is 0 Å². The van der Waals surface area contributed by atoms with E-state index in [0.717, 1.165) is 5.57 Å². The monoisotopic (exact) mass is 186 g/mol. The summed E-state index contributed by atoms with van der Waals surface area (Å²) in [6.07, 6.45) is -0.341. The van der Waals surface area contributed by atoms with E-state index in [0.29, 0.717) is 0 Å². The van der Waals surface area contributed by atoms with Gasteiger partial charge in [-0.1, -0.05) is 20.4 Å². The van der Waals surface area contributed by atoms with Gasteiger partial charge in [0.1, 0.15) is 6.10 Å². The predicted molar refractivity (Wildman–Crippen MR) is 50.2 cm³/mol. The highest BCUT2D eigenvalue weighted by Crippen LogP contribution is 2.60. The van der Waals surface area contributed by atoms with Crippen LogP contribution in [-0.2, 0) is 4.89 Å². The molecule has 0 bridgehead atoms. The molecule has 3 heteroatoms. The summed E-state index contributed by atoms with van der Waals surface area (Å²) in [5.74, 6) is 0.390. The molecule has 0 aromatic heterocycles. The van der Waals surface area contributed by atoms with Crippen LogP contribution in [0.15, 0.2) is 12.2 Å². The highest BCUT2D eigenvalue weighted by Gasteiger charge is 2.61. The summed E-state index contributed by atoms with van der Waals surface area (Å²) < 4.78 is 0. The van der Waals surface area contributed by atoms with E-state index in [9.17, 15) is 0 Å². The van der Waals surface area contributed by atoms with Gasteiger partial charge in [0.15, 0.2) is 0 Å². The van der Waals surface area contributed by atoms with Crippen LogP contribution >= 0.6 is 0 Å². The first kappa shape index (κ1) is 10.7. The van der Waals surface area contributed by atoms with Crippen LogP contribution in [0.3, 0.4) is 0 Å². The van der Waals surface area contributed by atoms with Gasteiger partial charge in [0.2, 0.25) is 0 Å². The largest absolute Gasteiger partial charge is 0.396 e. The molecule has 3 nitrogen and oxygen atoms in total. The Morgan fingerprint density at radius 3 is 2.38 bits per heavy atom. The maximum Gasteiger partial charge on any atom is 0.117 e. The molecule has 0 amide bonds. The van der Waals surface area contributed by atoms with Gasteiger partial charge in [-0.25, -0.2) is 4.89 Å². The lowest BCUT2D eigenvalue weighted by Gasteiger charge is -2.14. The Kier molecular flexibility index (Phi) is 2.80. The van der Waals surface area contributed by atoms with Gasteiger partial charge in [-0.05, 0) is 23.8 Å². The van der Waals surface area contributed by atoms with Crippen molar-refractivity contribution in [2.24, 2.45) is 17.3 Å². The molecule has 1 rings (SSSR count). The second-order valence-corrected chi connectivity index (χ2v) is 4.51. The van der Waals surface area contributed by atoms with Gasteiger partial charge in [-0.3, -0.25) is 5.26 Å². The van der Waals surface area contributed by atoms with Crippen molar-refractivity contribution in [2.75, 3.05) is 6.61 Å². The molecule has 76 valence electrons. The molecule has 13 heavy (non-hydrogen) atoms. The van der Waals surface area contributed by atoms with Crippen molar-refractivity contribution in [3.63, 3.8) is 0 Å². The lowest BCUT2D eigenvalue weighted by atomic mass is 10.0. The Bertz CT molecular complexity index is 210. The molecule has 0 aromatic rings. The molecular formula is C10H18O3. The molecule has 1 fully saturated rings. The molecule has 0 aromatic carbocycles. The van der Waals surface area contributed by atoms with Gasteiger partial charge in [0, 0.05) is 12.5 Å². The summed E-state index contributed by atoms with van der Waals surface area (Å²) in [4.78, 5) is 4.39. The lowest BCUT2D eigenvalue weighted by molar-refractivity contribution is -0.275. The third-order valence-electron chi connectivity index (χ3n) is 3.26. The average molecular weight is 186 g/mol. The van der Waals surface area contributed by atoms with Crippen LogP contribution in [0.1, 0.15) is 20.8 Å². The van der Waals surface area contributed by atoms with Crippen molar-refractivity contribution >= 4 is 0 Å². The highest BCUT2D eigenvalue weighted by molar-refractivity contribution is 5.16. The third-order valence-corrected chi connectivity index (χ3v) is 3.26. The Balaban J connectivity index is 2.69. The second-order valence-electron chi connectivity index (χ2n) is 4.51. The van der Waals surface area contributed by atoms with Crippen LogP contribution in [0.4, 0.5) is 0 Å². The highest BCUT2D eigenvalue weighted by atomic mass is 17.1. The van der Waals surface area contributed by atoms with Crippen molar-refractivity contribution in [2.45, 2.75) is 26.9 Å². The van der Waals surface area contributed by atoms with Gasteiger partial charge < -0.3 is 5.11 Å². The van der Waals surface area contributed by atoms with Gasteiger partial charge in [-0.2, -0.15) is 0 Å². The number of aliphatic hydroxyl groups is 1. The van der Waals surface area contributed by atoms with E-state index in [-0.39, 0.29) is 30.0 Å². The first-order valence-corrected chi connectivity index (χ1v) is 4.53. The van der Waals surface area contributed by atoms with E-state index < -0.39 is 0 Å². The van der Waals surface area contributed by atoms with Gasteiger partial charge in [0.05, 0.1) is 0 Å². The maximum atomic E-state index is 9.07. The Hall–Kier alpha value is -0.380. The van der Waals surface area contributed by atoms with Gasteiger partial charge in [0.25, 0.3) is 0 Å². The normalized spacial score (nSPS) is 32.7. The van der Waals surface area contributed by atoms with E-state index in [1.54, 1.807) is 0 Å². The molecule has 3 unspecified atom stereocenters. The summed E-state index contributed by atoms with van der Waals surface area (Å²) >= 11 is 0. The summed E-state index contributed by atoms with van der Waals surface area (Å²) in [5, 5.41) is 17.8. The van der Waals surface area contributed by atoms with Crippen LogP contribution in [-0.4, -0.2) is 23.1 Å². The molecule has 1 aliphatic carbocycles. The molecule has 0 aliphatic heterocycles. The minimum atomic E-state index is -0.341. The molecular weight excluding hydrogens is 168 g/mol. The molecule has 0 spiro atoms. The van der Waals surface area contributed by atoms with E-state index in [4.69, 9.17) is 10.4 Å². The quantitative estimate of drug-likeness (QED) is 0.399. The maximum absolute atomic E-state index is 9.07. The SMILES string of the molecule is C=C(C)C(OO)C1C(CO)C1(C)C. The van der Waals surface area contributed by atoms with Crippen LogP contribution < -0.4 is 0 Å². The van der Waals surface area contributed by atoms with Crippen LogP contribution in [0.2, 0.25) is 0 Å².